The Kier molecular flexibility index (Phi) is 39.9. The average Bonchev–Trinajstić information content (AvgIpc) is 3.48. The van der Waals surface area contributed by atoms with E-state index in [0.717, 1.165) is 19.3 Å². The molecular formula is C63H84ClNO18. The van der Waals surface area contributed by atoms with Gasteiger partial charge in [0.15, 0.2) is 23.0 Å². The fourth-order valence-corrected chi connectivity index (χ4v) is 7.14. The van der Waals surface area contributed by atoms with Crippen LogP contribution >= 0.6 is 11.6 Å². The lowest BCUT2D eigenvalue weighted by Crippen LogP contribution is -2.10. The molecule has 3 aromatic rings. The number of hydrogen-bond donors (Lipinski definition) is 1. The number of unbranched alkanes of at least 4 members (excludes halogenated alkanes) is 6. The van der Waals surface area contributed by atoms with Gasteiger partial charge < -0.3 is 52.7 Å². The fourth-order valence-electron chi connectivity index (χ4n) is 6.92. The number of nitrogens with one attached hydrogen (secondary N) is 1. The largest absolute Gasteiger partial charge is 0.502 e. The predicted octanol–water partition coefficient (Wildman–Crippen LogP) is 13.4. The van der Waals surface area contributed by atoms with E-state index in [4.69, 9.17) is 88.3 Å². The van der Waals surface area contributed by atoms with Gasteiger partial charge in [-0.25, -0.2) is 34.1 Å². The summed E-state index contributed by atoms with van der Waals surface area (Å²) in [6.45, 7) is 27.1. The van der Waals surface area contributed by atoms with Crippen molar-refractivity contribution in [3.05, 3.63) is 147 Å². The number of halogens is 1. The maximum Gasteiger partial charge on any atom is 0.336 e. The quantitative estimate of drug-likeness (QED) is 0.00819. The van der Waals surface area contributed by atoms with E-state index in [-0.39, 0.29) is 29.7 Å². The third-order valence-electron chi connectivity index (χ3n) is 10.9. The van der Waals surface area contributed by atoms with Gasteiger partial charge in [-0.3, -0.25) is 4.79 Å². The van der Waals surface area contributed by atoms with Crippen LogP contribution in [0.1, 0.15) is 88.2 Å². The Morgan fingerprint density at radius 2 is 0.795 bits per heavy atom. The zero-order valence-corrected chi connectivity index (χ0v) is 48.6. The minimum atomic E-state index is -0.711. The van der Waals surface area contributed by atoms with Crippen LogP contribution in [0.25, 0.3) is 12.2 Å². The lowest BCUT2D eigenvalue weighted by molar-refractivity contribution is -0.286. The highest BCUT2D eigenvalue weighted by Gasteiger charge is 2.20. The molecule has 0 aliphatic heterocycles. The maximum atomic E-state index is 13.5. The van der Waals surface area contributed by atoms with Gasteiger partial charge in [0.05, 0.1) is 109 Å². The number of rotatable bonds is 54. The van der Waals surface area contributed by atoms with Crippen molar-refractivity contribution in [2.24, 2.45) is 0 Å². The summed E-state index contributed by atoms with van der Waals surface area (Å²) in [5.74, 6) is 1.38. The molecular weight excluding hydrogens is 1090 g/mol. The standard InChI is InChI=1S/C63H84ClNO18/c1-7-35-77-80-47-22-19-42-72-57-32-26-52(61(73-43-17-14-39-69-11-5)63(57)76-46-21-24-49-82-79-37-9-3)28-34-59(67)83-53-29-30-55(54(64)50-53)65-58(66)33-27-51-25-31-56(71-41-16-13-38-68-10-4)62(75-45-18-15-40-70-12-6)60(51)74-44-20-23-48-81-78-36-8-2/h7-12,25-34,50H,1-6,13-24,35-49H2,(H,65,66)/b33-27+,34-28+. The second-order valence-electron chi connectivity index (χ2n) is 17.5. The number of esters is 1. The van der Waals surface area contributed by atoms with Gasteiger partial charge in [0.25, 0.3) is 0 Å². The van der Waals surface area contributed by atoms with Gasteiger partial charge in [0.1, 0.15) is 25.6 Å². The third-order valence-corrected chi connectivity index (χ3v) is 11.3. The predicted molar refractivity (Wildman–Crippen MR) is 320 cm³/mol. The number of carbonyl (C=O) groups excluding carboxylic acids is 2. The van der Waals surface area contributed by atoms with E-state index in [9.17, 15) is 9.59 Å². The van der Waals surface area contributed by atoms with E-state index in [1.165, 1.54) is 49.1 Å². The lowest BCUT2D eigenvalue weighted by atomic mass is 10.1. The Morgan fingerprint density at radius 3 is 1.19 bits per heavy atom. The van der Waals surface area contributed by atoms with Crippen molar-refractivity contribution in [3.8, 4) is 40.2 Å². The molecule has 1 amide bonds. The molecule has 19 nitrogen and oxygen atoms in total. The first kappa shape index (κ1) is 70.0. The molecule has 0 aliphatic rings. The second kappa shape index (κ2) is 47.3. The molecule has 0 fully saturated rings. The highest BCUT2D eigenvalue weighted by atomic mass is 35.5. The van der Waals surface area contributed by atoms with Crippen molar-refractivity contribution in [1.82, 2.24) is 0 Å². The molecule has 20 heteroatoms. The molecule has 0 aromatic heterocycles. The van der Waals surface area contributed by atoms with E-state index < -0.39 is 11.9 Å². The Morgan fingerprint density at radius 1 is 0.422 bits per heavy atom. The summed E-state index contributed by atoms with van der Waals surface area (Å²) in [6.07, 6.45) is 22.9. The summed E-state index contributed by atoms with van der Waals surface area (Å²) in [4.78, 5) is 57.5. The van der Waals surface area contributed by atoms with E-state index in [1.807, 2.05) is 0 Å². The Labute approximate surface area is 494 Å². The van der Waals surface area contributed by atoms with Gasteiger partial charge in [0.2, 0.25) is 17.4 Å². The topological polar surface area (TPSA) is 194 Å². The lowest BCUT2D eigenvalue weighted by Gasteiger charge is -2.19. The molecule has 456 valence electrons. The SMILES string of the molecule is C=CCOOCCCCOc1ccc(/C=C/C(=O)Oc2ccc(NC(=O)/C=C/c3ccc(OCCCCOC=C)c(OCCCCOC=C)c3OCCCCOOCC=C)c(Cl)c2)c(OCCCCOC=C)c1OCCCCOOCC=C. The van der Waals surface area contributed by atoms with Crippen LogP contribution < -0.4 is 38.5 Å². The molecule has 0 heterocycles. The van der Waals surface area contributed by atoms with Gasteiger partial charge in [-0.15, -0.1) is 19.7 Å². The smallest absolute Gasteiger partial charge is 0.336 e. The van der Waals surface area contributed by atoms with Crippen LogP contribution in [0.4, 0.5) is 5.69 Å². The summed E-state index contributed by atoms with van der Waals surface area (Å²) in [5, 5.41) is 2.91. The summed E-state index contributed by atoms with van der Waals surface area (Å²) >= 11 is 6.67. The first-order valence-electron chi connectivity index (χ1n) is 27.8. The number of ether oxygens (including phenoxy) is 10. The zero-order chi connectivity index (χ0) is 59.6. The van der Waals surface area contributed by atoms with Crippen LogP contribution in [-0.2, 0) is 53.1 Å². The highest BCUT2D eigenvalue weighted by Crippen LogP contribution is 2.43. The maximum absolute atomic E-state index is 13.5. The molecule has 1 N–H and O–H groups in total. The van der Waals surface area contributed by atoms with Crippen molar-refractivity contribution >= 4 is 41.3 Å². The van der Waals surface area contributed by atoms with Crippen molar-refractivity contribution in [3.63, 3.8) is 0 Å². The van der Waals surface area contributed by atoms with Crippen LogP contribution in [0.3, 0.4) is 0 Å². The van der Waals surface area contributed by atoms with Crippen LogP contribution in [0.5, 0.6) is 40.2 Å². The van der Waals surface area contributed by atoms with Crippen molar-refractivity contribution in [2.45, 2.75) is 77.0 Å². The molecule has 0 spiro atoms. The van der Waals surface area contributed by atoms with Crippen molar-refractivity contribution in [2.75, 3.05) is 104 Å². The summed E-state index contributed by atoms with van der Waals surface area (Å²) < 4.78 is 59.4. The van der Waals surface area contributed by atoms with Crippen LogP contribution in [0, 0.1) is 0 Å². The van der Waals surface area contributed by atoms with Gasteiger partial charge in [-0.2, -0.15) is 0 Å². The highest BCUT2D eigenvalue weighted by molar-refractivity contribution is 6.34. The van der Waals surface area contributed by atoms with Gasteiger partial charge in [-0.1, -0.05) is 49.6 Å². The van der Waals surface area contributed by atoms with Crippen LogP contribution in [0.15, 0.2) is 131 Å². The fraction of sp³-hybridized carbons (Fsp3) is 0.429. The Bertz CT molecular complexity index is 2410. The van der Waals surface area contributed by atoms with Crippen LogP contribution in [-0.4, -0.2) is 111 Å². The number of hydrogen-bond acceptors (Lipinski definition) is 18. The summed E-state index contributed by atoms with van der Waals surface area (Å²) in [7, 11) is 0. The number of carbonyl (C=O) groups is 2. The van der Waals surface area contributed by atoms with E-state index in [1.54, 1.807) is 54.6 Å². The molecule has 0 atom stereocenters. The molecule has 0 bridgehead atoms. The third kappa shape index (κ3) is 31.7. The monoisotopic (exact) mass is 1180 g/mol. The Balaban J connectivity index is 1.82. The van der Waals surface area contributed by atoms with Gasteiger partial charge >= 0.3 is 5.97 Å². The molecule has 3 rings (SSSR count). The molecule has 0 saturated heterocycles. The summed E-state index contributed by atoms with van der Waals surface area (Å²) in [5.41, 5.74) is 1.35. The van der Waals surface area contributed by atoms with Gasteiger partial charge in [-0.05, 0) is 126 Å². The molecule has 0 aliphatic carbocycles. The zero-order valence-electron chi connectivity index (χ0n) is 47.9. The minimum absolute atomic E-state index is 0.117. The first-order chi connectivity index (χ1) is 40.8. The van der Waals surface area contributed by atoms with E-state index in [2.05, 4.69) is 44.8 Å². The normalized spacial score (nSPS) is 10.9. The second-order valence-corrected chi connectivity index (χ2v) is 17.9. The van der Waals surface area contributed by atoms with E-state index in [0.29, 0.717) is 189 Å². The average molecular weight is 1180 g/mol. The molecule has 0 unspecified atom stereocenters. The Hall–Kier alpha value is -7.23. The minimum Gasteiger partial charge on any atom is -0.502 e. The van der Waals surface area contributed by atoms with Crippen LogP contribution in [0.2, 0.25) is 5.02 Å². The number of benzene rings is 3. The summed E-state index contributed by atoms with van der Waals surface area (Å²) in [6, 6.07) is 11.6. The van der Waals surface area contributed by atoms with Gasteiger partial charge in [0, 0.05) is 29.3 Å². The molecule has 0 saturated carbocycles. The van der Waals surface area contributed by atoms with E-state index >= 15 is 0 Å². The van der Waals surface area contributed by atoms with Crippen molar-refractivity contribution < 1.29 is 86.3 Å². The van der Waals surface area contributed by atoms with Crippen molar-refractivity contribution in [1.29, 1.82) is 0 Å². The molecule has 83 heavy (non-hydrogen) atoms. The molecule has 3 aromatic carbocycles. The number of anilines is 1. The number of amides is 1. The first-order valence-corrected chi connectivity index (χ1v) is 28.2. The molecule has 0 radical (unpaired) electrons.